The number of nitrogens with one attached hydrogen (secondary N) is 1. The molecule has 2 N–H and O–H groups in total. The summed E-state index contributed by atoms with van der Waals surface area (Å²) in [6, 6.07) is 7.19. The van der Waals surface area contributed by atoms with Gasteiger partial charge in [0.25, 0.3) is 0 Å². The van der Waals surface area contributed by atoms with E-state index in [0.29, 0.717) is 18.0 Å². The second-order valence-corrected chi connectivity index (χ2v) is 5.36. The lowest BCUT2D eigenvalue weighted by Crippen LogP contribution is -2.37. The maximum absolute atomic E-state index is 11.1. The molecule has 104 valence electrons. The first-order chi connectivity index (χ1) is 9.16. The zero-order chi connectivity index (χ0) is 13.7. The first-order valence-corrected chi connectivity index (χ1v) is 6.87. The van der Waals surface area contributed by atoms with Crippen LogP contribution >= 0.6 is 0 Å². The van der Waals surface area contributed by atoms with Crippen molar-refractivity contribution in [1.82, 2.24) is 10.2 Å². The molecule has 1 aliphatic rings. The highest BCUT2D eigenvalue weighted by Gasteiger charge is 2.16. The largest absolute Gasteiger partial charge is 0.478 e. The van der Waals surface area contributed by atoms with Gasteiger partial charge in [-0.3, -0.25) is 0 Å². The molecule has 0 amide bonds. The second kappa shape index (κ2) is 6.68. The molecule has 1 unspecified atom stereocenters. The van der Waals surface area contributed by atoms with Crippen LogP contribution in [-0.2, 0) is 6.54 Å². The van der Waals surface area contributed by atoms with Crippen molar-refractivity contribution in [3.05, 3.63) is 35.4 Å². The molecule has 1 aliphatic heterocycles. The lowest BCUT2D eigenvalue weighted by atomic mass is 9.98. The summed E-state index contributed by atoms with van der Waals surface area (Å²) in [6.45, 7) is 3.91. The fourth-order valence-electron chi connectivity index (χ4n) is 2.73. The summed E-state index contributed by atoms with van der Waals surface area (Å²) >= 11 is 0. The Balaban J connectivity index is 1.84. The third-order valence-electron chi connectivity index (χ3n) is 3.72. The molecule has 1 aromatic rings. The maximum atomic E-state index is 11.1. The van der Waals surface area contributed by atoms with E-state index in [2.05, 4.69) is 17.3 Å². The number of hydrogen-bond acceptors (Lipinski definition) is 3. The van der Waals surface area contributed by atoms with Crippen LogP contribution in [0.15, 0.2) is 24.3 Å². The number of likely N-dealkylation sites (tertiary alicyclic amines) is 1. The van der Waals surface area contributed by atoms with Gasteiger partial charge in [0.15, 0.2) is 0 Å². The van der Waals surface area contributed by atoms with Gasteiger partial charge in [0.05, 0.1) is 5.56 Å². The van der Waals surface area contributed by atoms with Crippen molar-refractivity contribution >= 4 is 5.97 Å². The molecule has 0 bridgehead atoms. The topological polar surface area (TPSA) is 52.6 Å². The number of carboxylic acids is 1. The first-order valence-electron chi connectivity index (χ1n) is 6.87. The number of carboxylic acid groups (broad SMARTS) is 1. The standard InChI is InChI=1S/C15H22N2O2/c1-17-8-4-5-12(11-17)9-16-10-13-6-2-3-7-14(13)15(18)19/h2-3,6-7,12,16H,4-5,8-11H2,1H3,(H,18,19). The van der Waals surface area contributed by atoms with Gasteiger partial charge in [0.1, 0.15) is 0 Å². The smallest absolute Gasteiger partial charge is 0.336 e. The van der Waals surface area contributed by atoms with Gasteiger partial charge in [-0.15, -0.1) is 0 Å². The van der Waals surface area contributed by atoms with Gasteiger partial charge in [-0.05, 0) is 50.5 Å². The van der Waals surface area contributed by atoms with Crippen LogP contribution in [0.5, 0.6) is 0 Å². The first kappa shape index (κ1) is 14.0. The van der Waals surface area contributed by atoms with E-state index in [0.717, 1.165) is 18.7 Å². The van der Waals surface area contributed by atoms with Crippen LogP contribution in [0, 0.1) is 5.92 Å². The normalized spacial score (nSPS) is 20.4. The van der Waals surface area contributed by atoms with Gasteiger partial charge in [-0.2, -0.15) is 0 Å². The highest BCUT2D eigenvalue weighted by atomic mass is 16.4. The number of carbonyl (C=O) groups is 1. The van der Waals surface area contributed by atoms with Crippen LogP contribution in [-0.4, -0.2) is 42.7 Å². The number of rotatable bonds is 5. The van der Waals surface area contributed by atoms with Crippen molar-refractivity contribution in [1.29, 1.82) is 0 Å². The summed E-state index contributed by atoms with van der Waals surface area (Å²) in [5.74, 6) is -0.175. The summed E-state index contributed by atoms with van der Waals surface area (Å²) in [4.78, 5) is 13.5. The van der Waals surface area contributed by atoms with Gasteiger partial charge in [0.2, 0.25) is 0 Å². The maximum Gasteiger partial charge on any atom is 0.336 e. The molecular weight excluding hydrogens is 240 g/mol. The van der Waals surface area contributed by atoms with Crippen molar-refractivity contribution in [2.75, 3.05) is 26.7 Å². The molecule has 19 heavy (non-hydrogen) atoms. The zero-order valence-corrected chi connectivity index (χ0v) is 11.4. The summed E-state index contributed by atoms with van der Waals surface area (Å²) in [7, 11) is 2.16. The van der Waals surface area contributed by atoms with Gasteiger partial charge >= 0.3 is 5.97 Å². The Kier molecular flexibility index (Phi) is 4.93. The monoisotopic (exact) mass is 262 g/mol. The molecule has 4 heteroatoms. The minimum absolute atomic E-state index is 0.399. The Morgan fingerprint density at radius 1 is 1.47 bits per heavy atom. The molecule has 0 aromatic heterocycles. The molecule has 0 saturated carbocycles. The van der Waals surface area contributed by atoms with E-state index < -0.39 is 5.97 Å². The summed E-state index contributed by atoms with van der Waals surface area (Å²) in [5, 5.41) is 12.5. The van der Waals surface area contributed by atoms with Crippen molar-refractivity contribution < 1.29 is 9.90 Å². The van der Waals surface area contributed by atoms with Crippen molar-refractivity contribution in [3.8, 4) is 0 Å². The summed E-state index contributed by atoms with van der Waals surface area (Å²) in [6.07, 6.45) is 2.52. The average molecular weight is 262 g/mol. The van der Waals surface area contributed by atoms with Gasteiger partial charge in [0, 0.05) is 13.1 Å². The van der Waals surface area contributed by atoms with Gasteiger partial charge in [-0.1, -0.05) is 18.2 Å². The predicted molar refractivity (Wildman–Crippen MR) is 75.3 cm³/mol. The molecule has 1 saturated heterocycles. The van der Waals surface area contributed by atoms with Crippen molar-refractivity contribution in [2.24, 2.45) is 5.92 Å². The van der Waals surface area contributed by atoms with Crippen molar-refractivity contribution in [3.63, 3.8) is 0 Å². The molecular formula is C15H22N2O2. The number of piperidine rings is 1. The Bertz CT molecular complexity index is 434. The lowest BCUT2D eigenvalue weighted by molar-refractivity contribution is 0.0695. The average Bonchev–Trinajstić information content (AvgIpc) is 2.39. The molecule has 1 heterocycles. The van der Waals surface area contributed by atoms with Crippen LogP contribution in [0.3, 0.4) is 0 Å². The Labute approximate surface area is 114 Å². The molecule has 4 nitrogen and oxygen atoms in total. The summed E-state index contributed by atoms with van der Waals surface area (Å²) < 4.78 is 0. The SMILES string of the molecule is CN1CCCC(CNCc2ccccc2C(=O)O)C1. The van der Waals surface area contributed by atoms with E-state index in [-0.39, 0.29) is 0 Å². The minimum atomic E-state index is -0.852. The second-order valence-electron chi connectivity index (χ2n) is 5.36. The molecule has 0 aliphatic carbocycles. The molecule has 0 spiro atoms. The quantitative estimate of drug-likeness (QED) is 0.850. The van der Waals surface area contributed by atoms with Crippen LogP contribution in [0.1, 0.15) is 28.8 Å². The van der Waals surface area contributed by atoms with E-state index >= 15 is 0 Å². The minimum Gasteiger partial charge on any atom is -0.478 e. The Morgan fingerprint density at radius 2 is 2.26 bits per heavy atom. The van der Waals surface area contributed by atoms with Crippen LogP contribution in [0.2, 0.25) is 0 Å². The van der Waals surface area contributed by atoms with E-state index in [4.69, 9.17) is 5.11 Å². The third kappa shape index (κ3) is 4.04. The molecule has 1 aromatic carbocycles. The number of nitrogens with zero attached hydrogens (tertiary/aromatic N) is 1. The van der Waals surface area contributed by atoms with E-state index in [1.165, 1.54) is 19.4 Å². The number of benzene rings is 1. The fourth-order valence-corrected chi connectivity index (χ4v) is 2.73. The van der Waals surface area contributed by atoms with Gasteiger partial charge in [-0.25, -0.2) is 4.79 Å². The highest BCUT2D eigenvalue weighted by molar-refractivity contribution is 5.89. The van der Waals surface area contributed by atoms with Crippen LogP contribution < -0.4 is 5.32 Å². The van der Waals surface area contributed by atoms with E-state index in [1.807, 2.05) is 12.1 Å². The molecule has 1 fully saturated rings. The van der Waals surface area contributed by atoms with E-state index in [9.17, 15) is 4.79 Å². The van der Waals surface area contributed by atoms with Crippen LogP contribution in [0.25, 0.3) is 0 Å². The predicted octanol–water partition coefficient (Wildman–Crippen LogP) is 1.82. The Hall–Kier alpha value is -1.39. The molecule has 2 rings (SSSR count). The third-order valence-corrected chi connectivity index (χ3v) is 3.72. The summed E-state index contributed by atoms with van der Waals surface area (Å²) in [5.41, 5.74) is 1.26. The molecule has 1 atom stereocenters. The van der Waals surface area contributed by atoms with Crippen molar-refractivity contribution in [2.45, 2.75) is 19.4 Å². The fraction of sp³-hybridized carbons (Fsp3) is 0.533. The number of aromatic carboxylic acids is 1. The molecule has 0 radical (unpaired) electrons. The van der Waals surface area contributed by atoms with Crippen LogP contribution in [0.4, 0.5) is 0 Å². The van der Waals surface area contributed by atoms with Gasteiger partial charge < -0.3 is 15.3 Å². The lowest BCUT2D eigenvalue weighted by Gasteiger charge is -2.29. The zero-order valence-electron chi connectivity index (χ0n) is 11.4. The number of hydrogen-bond donors (Lipinski definition) is 2. The van der Waals surface area contributed by atoms with E-state index in [1.54, 1.807) is 12.1 Å². The Morgan fingerprint density at radius 3 is 3.00 bits per heavy atom. The highest BCUT2D eigenvalue weighted by Crippen LogP contribution is 2.14.